The first-order valence-electron chi connectivity index (χ1n) is 7.20. The summed E-state index contributed by atoms with van der Waals surface area (Å²) in [6.07, 6.45) is 0.592. The van der Waals surface area contributed by atoms with Crippen molar-refractivity contribution >= 4 is 29.1 Å². The van der Waals surface area contributed by atoms with Crippen LogP contribution < -0.4 is 10.6 Å². The van der Waals surface area contributed by atoms with Crippen LogP contribution in [0.5, 0.6) is 0 Å². The number of amides is 2. The lowest BCUT2D eigenvalue weighted by Crippen LogP contribution is -2.57. The van der Waals surface area contributed by atoms with Crippen molar-refractivity contribution in [2.45, 2.75) is 26.3 Å². The van der Waals surface area contributed by atoms with Gasteiger partial charge in [-0.15, -0.1) is 0 Å². The molecule has 1 aromatic rings. The van der Waals surface area contributed by atoms with Gasteiger partial charge in [0.25, 0.3) is 5.91 Å². The number of halogens is 1. The van der Waals surface area contributed by atoms with Crippen molar-refractivity contribution in [1.29, 1.82) is 0 Å². The Morgan fingerprint density at radius 2 is 2.24 bits per heavy atom. The fourth-order valence-electron chi connectivity index (χ4n) is 2.56. The van der Waals surface area contributed by atoms with Crippen LogP contribution in [0.25, 0.3) is 0 Å². The quantitative estimate of drug-likeness (QED) is 0.895. The van der Waals surface area contributed by atoms with Gasteiger partial charge in [0.05, 0.1) is 5.56 Å². The van der Waals surface area contributed by atoms with E-state index in [1.165, 1.54) is 0 Å². The van der Waals surface area contributed by atoms with Crippen molar-refractivity contribution < 1.29 is 9.59 Å². The van der Waals surface area contributed by atoms with E-state index in [4.69, 9.17) is 11.6 Å². The molecular weight excluding hydrogens is 290 g/mol. The van der Waals surface area contributed by atoms with Crippen molar-refractivity contribution in [1.82, 2.24) is 10.2 Å². The molecule has 1 aliphatic heterocycles. The van der Waals surface area contributed by atoms with Crippen LogP contribution in [0.15, 0.2) is 18.2 Å². The van der Waals surface area contributed by atoms with Gasteiger partial charge in [0.2, 0.25) is 5.91 Å². The first-order chi connectivity index (χ1) is 10.1. The second-order valence-electron chi connectivity index (χ2n) is 4.93. The fraction of sp³-hybridized carbons (Fsp3) is 0.467. The van der Waals surface area contributed by atoms with Crippen LogP contribution in [-0.4, -0.2) is 42.4 Å². The number of hydrogen-bond acceptors (Lipinski definition) is 3. The Bertz CT molecular complexity index is 548. The molecule has 1 unspecified atom stereocenters. The Balaban J connectivity index is 2.34. The highest BCUT2D eigenvalue weighted by atomic mass is 35.5. The molecule has 114 valence electrons. The first kappa shape index (κ1) is 15.6. The van der Waals surface area contributed by atoms with E-state index in [0.717, 1.165) is 5.69 Å². The molecule has 0 spiro atoms. The lowest BCUT2D eigenvalue weighted by atomic mass is 10.1. The number of hydrogen-bond donors (Lipinski definition) is 2. The summed E-state index contributed by atoms with van der Waals surface area (Å²) in [6, 6.07) is 4.78. The monoisotopic (exact) mass is 309 g/mol. The van der Waals surface area contributed by atoms with E-state index in [-0.39, 0.29) is 11.8 Å². The van der Waals surface area contributed by atoms with Gasteiger partial charge in [0, 0.05) is 30.3 Å². The van der Waals surface area contributed by atoms with Gasteiger partial charge in [-0.05, 0) is 31.5 Å². The fourth-order valence-corrected chi connectivity index (χ4v) is 2.73. The van der Waals surface area contributed by atoms with E-state index in [1.54, 1.807) is 23.1 Å². The van der Waals surface area contributed by atoms with Crippen molar-refractivity contribution in [3.8, 4) is 0 Å². The second kappa shape index (κ2) is 6.80. The van der Waals surface area contributed by atoms with Gasteiger partial charge in [-0.2, -0.15) is 0 Å². The zero-order valence-corrected chi connectivity index (χ0v) is 13.0. The summed E-state index contributed by atoms with van der Waals surface area (Å²) in [5, 5.41) is 6.47. The summed E-state index contributed by atoms with van der Waals surface area (Å²) < 4.78 is 0. The SMILES string of the molecule is CCNc1ccc(Cl)cc1C(=O)N1CCNC(=O)C1CC. The largest absolute Gasteiger partial charge is 0.385 e. The van der Waals surface area contributed by atoms with Gasteiger partial charge >= 0.3 is 0 Å². The molecular formula is C15H20ClN3O2. The molecule has 2 rings (SSSR count). The molecule has 1 aromatic carbocycles. The Labute approximate surface area is 129 Å². The van der Waals surface area contributed by atoms with Gasteiger partial charge in [-0.25, -0.2) is 0 Å². The van der Waals surface area contributed by atoms with Crippen molar-refractivity contribution in [2.24, 2.45) is 0 Å². The number of piperazine rings is 1. The number of rotatable bonds is 4. The lowest BCUT2D eigenvalue weighted by molar-refractivity contribution is -0.127. The van der Waals surface area contributed by atoms with Crippen molar-refractivity contribution in [3.05, 3.63) is 28.8 Å². The Morgan fingerprint density at radius 1 is 1.48 bits per heavy atom. The van der Waals surface area contributed by atoms with Crippen LogP contribution in [0.2, 0.25) is 5.02 Å². The maximum Gasteiger partial charge on any atom is 0.256 e. The maximum atomic E-state index is 12.8. The predicted octanol–water partition coefficient (Wildman–Crippen LogP) is 2.12. The number of anilines is 1. The first-order valence-corrected chi connectivity index (χ1v) is 7.58. The van der Waals surface area contributed by atoms with Gasteiger partial charge in [-0.3, -0.25) is 9.59 Å². The van der Waals surface area contributed by atoms with E-state index in [0.29, 0.717) is 36.6 Å². The molecule has 0 aliphatic carbocycles. The molecule has 0 saturated carbocycles. The van der Waals surface area contributed by atoms with Gasteiger partial charge in [0.15, 0.2) is 0 Å². The van der Waals surface area contributed by atoms with Crippen LogP contribution in [0.4, 0.5) is 5.69 Å². The van der Waals surface area contributed by atoms with Crippen molar-refractivity contribution in [3.63, 3.8) is 0 Å². The van der Waals surface area contributed by atoms with Gasteiger partial charge in [0.1, 0.15) is 6.04 Å². The molecule has 2 amide bonds. The van der Waals surface area contributed by atoms with E-state index < -0.39 is 6.04 Å². The molecule has 6 heteroatoms. The Hall–Kier alpha value is -1.75. The molecule has 1 atom stereocenters. The van der Waals surface area contributed by atoms with E-state index >= 15 is 0 Å². The van der Waals surface area contributed by atoms with Gasteiger partial charge in [-0.1, -0.05) is 18.5 Å². The number of carbonyl (C=O) groups is 2. The molecule has 0 radical (unpaired) electrons. The highest BCUT2D eigenvalue weighted by Crippen LogP contribution is 2.24. The number of nitrogens with one attached hydrogen (secondary N) is 2. The summed E-state index contributed by atoms with van der Waals surface area (Å²) >= 11 is 6.02. The second-order valence-corrected chi connectivity index (χ2v) is 5.37. The highest BCUT2D eigenvalue weighted by molar-refractivity contribution is 6.31. The Morgan fingerprint density at radius 3 is 2.90 bits per heavy atom. The molecule has 5 nitrogen and oxygen atoms in total. The zero-order chi connectivity index (χ0) is 15.4. The minimum atomic E-state index is -0.417. The molecule has 1 saturated heterocycles. The standard InChI is InChI=1S/C15H20ClN3O2/c1-3-13-14(20)18-7-8-19(13)15(21)11-9-10(16)5-6-12(11)17-4-2/h5-6,9,13,17H,3-4,7-8H2,1-2H3,(H,18,20). The van der Waals surface area contributed by atoms with Crippen LogP contribution in [0.3, 0.4) is 0 Å². The summed E-state index contributed by atoms with van der Waals surface area (Å²) in [5.41, 5.74) is 1.25. The van der Waals surface area contributed by atoms with Crippen LogP contribution in [0, 0.1) is 0 Å². The number of nitrogens with zero attached hydrogens (tertiary/aromatic N) is 1. The molecule has 1 fully saturated rings. The average Bonchev–Trinajstić information content (AvgIpc) is 2.48. The third kappa shape index (κ3) is 3.29. The minimum absolute atomic E-state index is 0.0934. The zero-order valence-electron chi connectivity index (χ0n) is 12.3. The molecule has 1 heterocycles. The van der Waals surface area contributed by atoms with Crippen LogP contribution in [-0.2, 0) is 4.79 Å². The highest BCUT2D eigenvalue weighted by Gasteiger charge is 2.32. The maximum absolute atomic E-state index is 12.8. The smallest absolute Gasteiger partial charge is 0.256 e. The van der Waals surface area contributed by atoms with E-state index in [1.807, 2.05) is 13.8 Å². The van der Waals surface area contributed by atoms with Gasteiger partial charge < -0.3 is 15.5 Å². The lowest BCUT2D eigenvalue weighted by Gasteiger charge is -2.35. The molecule has 0 bridgehead atoms. The van der Waals surface area contributed by atoms with E-state index in [2.05, 4.69) is 10.6 Å². The summed E-state index contributed by atoms with van der Waals surface area (Å²) in [5.74, 6) is -0.251. The van der Waals surface area contributed by atoms with Crippen LogP contribution in [0.1, 0.15) is 30.6 Å². The van der Waals surface area contributed by atoms with E-state index in [9.17, 15) is 9.59 Å². The topological polar surface area (TPSA) is 61.4 Å². The van der Waals surface area contributed by atoms with Crippen LogP contribution >= 0.6 is 11.6 Å². The minimum Gasteiger partial charge on any atom is -0.385 e. The molecule has 1 aliphatic rings. The Kier molecular flexibility index (Phi) is 5.07. The number of benzene rings is 1. The third-order valence-electron chi connectivity index (χ3n) is 3.56. The average molecular weight is 310 g/mol. The predicted molar refractivity (Wildman–Crippen MR) is 83.7 cm³/mol. The van der Waals surface area contributed by atoms with Crippen molar-refractivity contribution in [2.75, 3.05) is 25.0 Å². The molecule has 0 aromatic heterocycles. The summed E-state index contributed by atoms with van der Waals surface area (Å²) in [7, 11) is 0. The molecule has 2 N–H and O–H groups in total. The summed E-state index contributed by atoms with van der Waals surface area (Å²) in [6.45, 7) is 5.57. The third-order valence-corrected chi connectivity index (χ3v) is 3.79. The molecule has 21 heavy (non-hydrogen) atoms. The number of carbonyl (C=O) groups excluding carboxylic acids is 2. The normalized spacial score (nSPS) is 18.3. The summed E-state index contributed by atoms with van der Waals surface area (Å²) in [4.78, 5) is 26.3.